The molecule has 0 radical (unpaired) electrons. The first-order chi connectivity index (χ1) is 25.1. The number of rotatable bonds is 41. The third kappa shape index (κ3) is 40.4. The zero-order valence-corrected chi connectivity index (χ0v) is 35.9. The second-order valence-corrected chi connectivity index (χ2v) is 17.5. The average molecular weight is 760 g/mol. The quantitative estimate of drug-likeness (QED) is 0.0201. The van der Waals surface area contributed by atoms with E-state index in [-0.39, 0.29) is 25.8 Å². The molecule has 0 saturated heterocycles. The van der Waals surface area contributed by atoms with Crippen molar-refractivity contribution in [3.05, 3.63) is 12.2 Å². The third-order valence-corrected chi connectivity index (χ3v) is 10.5. The first-order valence-corrected chi connectivity index (χ1v) is 23.4. The Morgan fingerprint density at radius 2 is 1.00 bits per heavy atom. The Labute approximate surface area is 322 Å². The van der Waals surface area contributed by atoms with Gasteiger partial charge < -0.3 is 27.9 Å². The van der Waals surface area contributed by atoms with Crippen molar-refractivity contribution in [3.8, 4) is 0 Å². The van der Waals surface area contributed by atoms with E-state index in [1.54, 1.807) is 0 Å². The SMILES string of the molecule is CCCCCCCCCC/C=C\CCCCCCCCCCCC(=O)OC(COCCCCCCCCCCC)COP(=O)([O-])OCC[N+](C)(C)C. The van der Waals surface area contributed by atoms with Gasteiger partial charge in [-0.1, -0.05) is 167 Å². The molecule has 0 aromatic rings. The Morgan fingerprint density at radius 3 is 1.46 bits per heavy atom. The maximum atomic E-state index is 12.6. The molecular formula is C43H86NO7P. The predicted octanol–water partition coefficient (Wildman–Crippen LogP) is 12.0. The number of unbranched alkanes of at least 4 members (excludes halogenated alkanes) is 25. The molecule has 0 N–H and O–H groups in total. The summed E-state index contributed by atoms with van der Waals surface area (Å²) in [5, 5.41) is 0. The lowest BCUT2D eigenvalue weighted by molar-refractivity contribution is -0.870. The van der Waals surface area contributed by atoms with Crippen molar-refractivity contribution in [3.63, 3.8) is 0 Å². The van der Waals surface area contributed by atoms with Gasteiger partial charge in [-0.3, -0.25) is 9.36 Å². The van der Waals surface area contributed by atoms with Crippen molar-refractivity contribution >= 4 is 13.8 Å². The number of carbonyl (C=O) groups is 1. The summed E-state index contributed by atoms with van der Waals surface area (Å²) < 4.78 is 34.5. The summed E-state index contributed by atoms with van der Waals surface area (Å²) in [6.45, 7) is 5.42. The van der Waals surface area contributed by atoms with Crippen LogP contribution in [0.1, 0.15) is 200 Å². The minimum Gasteiger partial charge on any atom is -0.756 e. The lowest BCUT2D eigenvalue weighted by Crippen LogP contribution is -2.37. The van der Waals surface area contributed by atoms with Crippen LogP contribution in [0.4, 0.5) is 0 Å². The standard InChI is InChI=1S/C43H86NO7P/c1-6-8-10-12-14-16-17-18-19-20-21-22-23-24-25-26-27-28-30-32-34-36-43(45)51-42(41-50-52(46,47)49-39-37-44(3,4)5)40-48-38-35-33-31-29-15-13-11-9-7-2/h20-21,42H,6-19,22-41H2,1-5H3/b21-20-. The van der Waals surface area contributed by atoms with E-state index in [9.17, 15) is 14.3 Å². The molecule has 8 nitrogen and oxygen atoms in total. The molecule has 2 atom stereocenters. The number of likely N-dealkylation sites (N-methyl/N-ethyl adjacent to an activating group) is 1. The molecule has 0 aliphatic heterocycles. The topological polar surface area (TPSA) is 94.1 Å². The van der Waals surface area contributed by atoms with Crippen molar-refractivity contribution in [2.24, 2.45) is 0 Å². The van der Waals surface area contributed by atoms with E-state index >= 15 is 0 Å². The lowest BCUT2D eigenvalue weighted by Gasteiger charge is -2.28. The Morgan fingerprint density at radius 1 is 0.577 bits per heavy atom. The van der Waals surface area contributed by atoms with E-state index < -0.39 is 13.9 Å². The van der Waals surface area contributed by atoms with Crippen molar-refractivity contribution in [2.45, 2.75) is 206 Å². The molecule has 0 bridgehead atoms. The van der Waals surface area contributed by atoms with E-state index in [4.69, 9.17) is 18.5 Å². The highest BCUT2D eigenvalue weighted by molar-refractivity contribution is 7.45. The fourth-order valence-electron chi connectivity index (χ4n) is 6.13. The Bertz CT molecular complexity index is 848. The smallest absolute Gasteiger partial charge is 0.306 e. The van der Waals surface area contributed by atoms with E-state index in [2.05, 4.69) is 26.0 Å². The average Bonchev–Trinajstić information content (AvgIpc) is 3.09. The molecule has 0 saturated carbocycles. The fourth-order valence-corrected chi connectivity index (χ4v) is 6.86. The third-order valence-electron chi connectivity index (χ3n) is 9.57. The van der Waals surface area contributed by atoms with Crippen molar-refractivity contribution in [1.82, 2.24) is 0 Å². The number of nitrogens with zero attached hydrogens (tertiary/aromatic N) is 1. The predicted molar refractivity (Wildman–Crippen MR) is 217 cm³/mol. The Hall–Kier alpha value is -0.760. The lowest BCUT2D eigenvalue weighted by atomic mass is 10.1. The maximum Gasteiger partial charge on any atom is 0.306 e. The number of phosphoric acid groups is 1. The van der Waals surface area contributed by atoms with Crippen LogP contribution >= 0.6 is 7.82 Å². The summed E-state index contributed by atoms with van der Waals surface area (Å²) in [5.74, 6) is -0.334. The minimum atomic E-state index is -4.51. The fraction of sp³-hybridized carbons (Fsp3) is 0.930. The van der Waals surface area contributed by atoms with Gasteiger partial charge in [-0.15, -0.1) is 0 Å². The van der Waals surface area contributed by atoms with Crippen molar-refractivity contribution in [2.75, 3.05) is 54.1 Å². The first-order valence-electron chi connectivity index (χ1n) is 21.9. The van der Waals surface area contributed by atoms with Gasteiger partial charge in [-0.25, -0.2) is 0 Å². The van der Waals surface area contributed by atoms with Gasteiger partial charge in [0.05, 0.1) is 34.4 Å². The number of ether oxygens (including phenoxy) is 2. The normalized spacial score (nSPS) is 13.9. The number of phosphoric ester groups is 1. The number of hydrogen-bond acceptors (Lipinski definition) is 7. The molecule has 0 amide bonds. The van der Waals surface area contributed by atoms with E-state index in [0.717, 1.165) is 32.1 Å². The largest absolute Gasteiger partial charge is 0.756 e. The molecule has 52 heavy (non-hydrogen) atoms. The van der Waals surface area contributed by atoms with Gasteiger partial charge in [0.1, 0.15) is 19.3 Å². The number of quaternary nitrogens is 1. The van der Waals surface area contributed by atoms with Crippen LogP contribution in [0.2, 0.25) is 0 Å². The van der Waals surface area contributed by atoms with E-state index in [0.29, 0.717) is 24.1 Å². The molecule has 0 aliphatic carbocycles. The number of hydrogen-bond donors (Lipinski definition) is 0. The second kappa shape index (κ2) is 37.2. The van der Waals surface area contributed by atoms with Crippen LogP contribution in [0.3, 0.4) is 0 Å². The molecule has 0 rings (SSSR count). The van der Waals surface area contributed by atoms with Crippen LogP contribution < -0.4 is 4.89 Å². The van der Waals surface area contributed by atoms with Crippen molar-refractivity contribution < 1.29 is 37.3 Å². The molecule has 0 heterocycles. The summed E-state index contributed by atoms with van der Waals surface area (Å²) in [6.07, 6.45) is 39.4. The Balaban J connectivity index is 4.10. The molecule has 2 unspecified atom stereocenters. The van der Waals surface area contributed by atoms with Crippen LogP contribution in [-0.4, -0.2) is 70.7 Å². The maximum absolute atomic E-state index is 12.6. The molecule has 310 valence electrons. The summed E-state index contributed by atoms with van der Waals surface area (Å²) in [5.41, 5.74) is 0. The van der Waals surface area contributed by atoms with Gasteiger partial charge in [-0.05, 0) is 38.5 Å². The van der Waals surface area contributed by atoms with E-state index in [1.165, 1.54) is 148 Å². The van der Waals surface area contributed by atoms with Gasteiger partial charge in [0.15, 0.2) is 0 Å². The molecule has 0 aromatic heterocycles. The van der Waals surface area contributed by atoms with E-state index in [1.807, 2.05) is 21.1 Å². The zero-order valence-electron chi connectivity index (χ0n) is 35.0. The monoisotopic (exact) mass is 760 g/mol. The van der Waals surface area contributed by atoms with Crippen LogP contribution in [0, 0.1) is 0 Å². The highest BCUT2D eigenvalue weighted by Crippen LogP contribution is 2.38. The number of allylic oxidation sites excluding steroid dienone is 2. The summed E-state index contributed by atoms with van der Waals surface area (Å²) in [7, 11) is 1.36. The Kier molecular flexibility index (Phi) is 36.6. The molecule has 0 aliphatic rings. The van der Waals surface area contributed by atoms with Crippen molar-refractivity contribution in [1.29, 1.82) is 0 Å². The summed E-state index contributed by atoms with van der Waals surface area (Å²) in [6, 6.07) is 0. The molecule has 0 aromatic carbocycles. The molecule has 0 fully saturated rings. The zero-order chi connectivity index (χ0) is 38.4. The highest BCUT2D eigenvalue weighted by Gasteiger charge is 2.20. The molecule has 9 heteroatoms. The van der Waals surface area contributed by atoms with Gasteiger partial charge in [0.2, 0.25) is 0 Å². The van der Waals surface area contributed by atoms with Crippen LogP contribution in [0.5, 0.6) is 0 Å². The number of esters is 1. The van der Waals surface area contributed by atoms with Gasteiger partial charge >= 0.3 is 5.97 Å². The molecule has 0 spiro atoms. The molecular weight excluding hydrogens is 673 g/mol. The first kappa shape index (κ1) is 51.2. The van der Waals surface area contributed by atoms with Gasteiger partial charge in [-0.2, -0.15) is 0 Å². The minimum absolute atomic E-state index is 0.0287. The summed E-state index contributed by atoms with van der Waals surface area (Å²) in [4.78, 5) is 25.0. The highest BCUT2D eigenvalue weighted by atomic mass is 31.2. The summed E-state index contributed by atoms with van der Waals surface area (Å²) >= 11 is 0. The van der Waals surface area contributed by atoms with Crippen LogP contribution in [0.15, 0.2) is 12.2 Å². The van der Waals surface area contributed by atoms with Crippen LogP contribution in [-0.2, 0) is 27.9 Å². The number of carbonyl (C=O) groups excluding carboxylic acids is 1. The van der Waals surface area contributed by atoms with Gasteiger partial charge in [0, 0.05) is 13.0 Å². The second-order valence-electron chi connectivity index (χ2n) is 16.1. The van der Waals surface area contributed by atoms with Crippen LogP contribution in [0.25, 0.3) is 0 Å². The van der Waals surface area contributed by atoms with Gasteiger partial charge in [0.25, 0.3) is 7.82 Å².